The molecule has 0 aliphatic carbocycles. The van der Waals surface area contributed by atoms with Crippen LogP contribution < -0.4 is 5.32 Å². The van der Waals surface area contributed by atoms with Crippen molar-refractivity contribution in [2.75, 3.05) is 13.2 Å². The van der Waals surface area contributed by atoms with E-state index in [2.05, 4.69) is 20.0 Å². The van der Waals surface area contributed by atoms with E-state index < -0.39 is 6.10 Å². The molecule has 2 N–H and O–H groups in total. The first-order chi connectivity index (χ1) is 9.75. The zero-order chi connectivity index (χ0) is 14.2. The molecule has 0 aliphatic rings. The summed E-state index contributed by atoms with van der Waals surface area (Å²) >= 11 is 0. The fourth-order valence-electron chi connectivity index (χ4n) is 1.60. The monoisotopic (exact) mass is 281 g/mol. The fourth-order valence-corrected chi connectivity index (χ4v) is 1.60. The van der Waals surface area contributed by atoms with Crippen LogP contribution in [0.25, 0.3) is 0 Å². The van der Waals surface area contributed by atoms with Crippen molar-refractivity contribution in [3.05, 3.63) is 47.9 Å². The first kappa shape index (κ1) is 14.6. The van der Waals surface area contributed by atoms with Gasteiger partial charge in [0.05, 0.1) is 25.9 Å². The standard InChI is InChI=1S/C13H16FN3O3/c14-12-4-2-1-3-10(12)7-19-8-11(18)5-15-6-13-16-9-20-17-13/h1-4,9,11,15,18H,5-8H2. The van der Waals surface area contributed by atoms with Crippen molar-refractivity contribution < 1.29 is 18.8 Å². The van der Waals surface area contributed by atoms with E-state index in [1.54, 1.807) is 18.2 Å². The van der Waals surface area contributed by atoms with Crippen molar-refractivity contribution in [3.8, 4) is 0 Å². The molecule has 1 atom stereocenters. The molecule has 1 aromatic heterocycles. The Morgan fingerprint density at radius 2 is 2.25 bits per heavy atom. The second-order valence-electron chi connectivity index (χ2n) is 4.24. The summed E-state index contributed by atoms with van der Waals surface area (Å²) in [5, 5.41) is 16.3. The number of nitrogens with one attached hydrogen (secondary N) is 1. The lowest BCUT2D eigenvalue weighted by atomic mass is 10.2. The highest BCUT2D eigenvalue weighted by molar-refractivity contribution is 5.16. The average Bonchev–Trinajstić information content (AvgIpc) is 2.94. The maximum Gasteiger partial charge on any atom is 0.213 e. The zero-order valence-corrected chi connectivity index (χ0v) is 10.8. The lowest BCUT2D eigenvalue weighted by molar-refractivity contribution is 0.0276. The van der Waals surface area contributed by atoms with Gasteiger partial charge in [-0.1, -0.05) is 23.4 Å². The van der Waals surface area contributed by atoms with Crippen molar-refractivity contribution in [2.45, 2.75) is 19.3 Å². The first-order valence-electron chi connectivity index (χ1n) is 6.21. The predicted octanol–water partition coefficient (Wildman–Crippen LogP) is 0.876. The predicted molar refractivity (Wildman–Crippen MR) is 68.1 cm³/mol. The van der Waals surface area contributed by atoms with E-state index in [0.29, 0.717) is 24.5 Å². The van der Waals surface area contributed by atoms with Gasteiger partial charge in [0.15, 0.2) is 5.82 Å². The van der Waals surface area contributed by atoms with Gasteiger partial charge in [-0.25, -0.2) is 4.39 Å². The van der Waals surface area contributed by atoms with Crippen molar-refractivity contribution in [2.24, 2.45) is 0 Å². The van der Waals surface area contributed by atoms with Gasteiger partial charge in [-0.3, -0.25) is 0 Å². The maximum absolute atomic E-state index is 13.3. The molecule has 1 unspecified atom stereocenters. The molecular formula is C13H16FN3O3. The normalized spacial score (nSPS) is 12.5. The van der Waals surface area contributed by atoms with Gasteiger partial charge in [-0.05, 0) is 6.07 Å². The number of nitrogens with zero attached hydrogens (tertiary/aromatic N) is 2. The first-order valence-corrected chi connectivity index (χ1v) is 6.21. The van der Waals surface area contributed by atoms with Crippen molar-refractivity contribution in [3.63, 3.8) is 0 Å². The highest BCUT2D eigenvalue weighted by Gasteiger charge is 2.06. The summed E-state index contributed by atoms with van der Waals surface area (Å²) in [6.45, 7) is 0.981. The summed E-state index contributed by atoms with van der Waals surface area (Å²) in [5.41, 5.74) is 0.472. The Hall–Kier alpha value is -1.83. The molecule has 2 rings (SSSR count). The summed E-state index contributed by atoms with van der Waals surface area (Å²) in [5.74, 6) is 0.210. The quantitative estimate of drug-likeness (QED) is 0.747. The molecule has 108 valence electrons. The molecule has 0 spiro atoms. The van der Waals surface area contributed by atoms with Gasteiger partial charge in [0.1, 0.15) is 5.82 Å². The van der Waals surface area contributed by atoms with Crippen LogP contribution in [-0.4, -0.2) is 34.5 Å². The number of rotatable bonds is 8. The summed E-state index contributed by atoms with van der Waals surface area (Å²) in [6.07, 6.45) is 0.555. The molecule has 6 nitrogen and oxygen atoms in total. The second kappa shape index (κ2) is 7.68. The minimum atomic E-state index is -0.686. The van der Waals surface area contributed by atoms with E-state index in [1.807, 2.05) is 0 Å². The van der Waals surface area contributed by atoms with Crippen LogP contribution in [0.5, 0.6) is 0 Å². The molecule has 1 aromatic carbocycles. The average molecular weight is 281 g/mol. The zero-order valence-electron chi connectivity index (χ0n) is 10.8. The van der Waals surface area contributed by atoms with E-state index in [0.717, 1.165) is 0 Å². The molecule has 0 saturated carbocycles. The molecule has 0 saturated heterocycles. The molecule has 0 aliphatic heterocycles. The Kier molecular flexibility index (Phi) is 5.60. The van der Waals surface area contributed by atoms with Crippen LogP contribution >= 0.6 is 0 Å². The number of benzene rings is 1. The third-order valence-corrected chi connectivity index (χ3v) is 2.60. The summed E-state index contributed by atoms with van der Waals surface area (Å²) in [7, 11) is 0. The molecule has 0 radical (unpaired) electrons. The number of aliphatic hydroxyl groups is 1. The minimum Gasteiger partial charge on any atom is -0.389 e. The molecule has 1 heterocycles. The summed E-state index contributed by atoms with van der Waals surface area (Å²) < 4.78 is 23.1. The van der Waals surface area contributed by atoms with Crippen LogP contribution in [-0.2, 0) is 17.9 Å². The third kappa shape index (κ3) is 4.69. The Bertz CT molecular complexity index is 507. The number of aromatic nitrogens is 2. The Balaban J connectivity index is 1.60. The fraction of sp³-hybridized carbons (Fsp3) is 0.385. The second-order valence-corrected chi connectivity index (χ2v) is 4.24. The van der Waals surface area contributed by atoms with E-state index in [4.69, 9.17) is 4.74 Å². The lowest BCUT2D eigenvalue weighted by Crippen LogP contribution is -2.30. The van der Waals surface area contributed by atoms with Crippen LogP contribution in [0.1, 0.15) is 11.4 Å². The Morgan fingerprint density at radius 3 is 3.00 bits per heavy atom. The van der Waals surface area contributed by atoms with Gasteiger partial charge < -0.3 is 19.7 Å². The molecule has 2 aromatic rings. The minimum absolute atomic E-state index is 0.119. The molecule has 0 bridgehead atoms. The van der Waals surface area contributed by atoms with Gasteiger partial charge in [0.2, 0.25) is 6.39 Å². The third-order valence-electron chi connectivity index (χ3n) is 2.60. The lowest BCUT2D eigenvalue weighted by Gasteiger charge is -2.12. The van der Waals surface area contributed by atoms with Gasteiger partial charge in [-0.2, -0.15) is 4.98 Å². The topological polar surface area (TPSA) is 80.4 Å². The smallest absolute Gasteiger partial charge is 0.213 e. The molecule has 20 heavy (non-hydrogen) atoms. The Labute approximate surface area is 115 Å². The Morgan fingerprint density at radius 1 is 1.40 bits per heavy atom. The maximum atomic E-state index is 13.3. The number of ether oxygens (including phenoxy) is 1. The van der Waals surface area contributed by atoms with Crippen LogP contribution in [0.4, 0.5) is 4.39 Å². The van der Waals surface area contributed by atoms with Crippen molar-refractivity contribution in [1.82, 2.24) is 15.5 Å². The van der Waals surface area contributed by atoms with Crippen LogP contribution in [0.15, 0.2) is 35.2 Å². The molecule has 7 heteroatoms. The van der Waals surface area contributed by atoms with Gasteiger partial charge in [-0.15, -0.1) is 0 Å². The summed E-state index contributed by atoms with van der Waals surface area (Å²) in [6, 6.07) is 6.39. The molecule has 0 fully saturated rings. The van der Waals surface area contributed by atoms with Crippen LogP contribution in [0, 0.1) is 5.82 Å². The van der Waals surface area contributed by atoms with Crippen LogP contribution in [0.3, 0.4) is 0 Å². The molecule has 0 amide bonds. The SMILES string of the molecule is OC(CNCc1ncon1)COCc1ccccc1F. The van der Waals surface area contributed by atoms with Gasteiger partial charge in [0.25, 0.3) is 0 Å². The number of halogens is 1. The summed E-state index contributed by atoms with van der Waals surface area (Å²) in [4.78, 5) is 3.83. The molecular weight excluding hydrogens is 265 g/mol. The van der Waals surface area contributed by atoms with Gasteiger partial charge in [0, 0.05) is 12.1 Å². The van der Waals surface area contributed by atoms with Gasteiger partial charge >= 0.3 is 0 Å². The largest absolute Gasteiger partial charge is 0.389 e. The number of hydrogen-bond donors (Lipinski definition) is 2. The van der Waals surface area contributed by atoms with E-state index in [1.165, 1.54) is 12.5 Å². The number of hydrogen-bond acceptors (Lipinski definition) is 6. The van der Waals surface area contributed by atoms with E-state index in [9.17, 15) is 9.50 Å². The van der Waals surface area contributed by atoms with Crippen molar-refractivity contribution in [1.29, 1.82) is 0 Å². The van der Waals surface area contributed by atoms with Crippen LogP contribution in [0.2, 0.25) is 0 Å². The van der Waals surface area contributed by atoms with E-state index >= 15 is 0 Å². The van der Waals surface area contributed by atoms with E-state index in [-0.39, 0.29) is 19.0 Å². The van der Waals surface area contributed by atoms with Crippen molar-refractivity contribution >= 4 is 0 Å². The highest BCUT2D eigenvalue weighted by atomic mass is 19.1. The number of aliphatic hydroxyl groups excluding tert-OH is 1. The highest BCUT2D eigenvalue weighted by Crippen LogP contribution is 2.07.